The van der Waals surface area contributed by atoms with Crippen molar-refractivity contribution in [3.63, 3.8) is 0 Å². The topological polar surface area (TPSA) is 97.7 Å². The van der Waals surface area contributed by atoms with E-state index in [0.29, 0.717) is 0 Å². The molecule has 0 atom stereocenters. The summed E-state index contributed by atoms with van der Waals surface area (Å²) in [5.41, 5.74) is 12.2. The molecule has 1 saturated heterocycles. The molecule has 9 nitrogen and oxygen atoms in total. The zero-order valence-electron chi connectivity index (χ0n) is 99.3. The van der Waals surface area contributed by atoms with Gasteiger partial charge in [-0.1, -0.05) is 556 Å². The Morgan fingerprint density at radius 2 is 0.520 bits per heavy atom. The van der Waals surface area contributed by atoms with E-state index in [2.05, 4.69) is 172 Å². The highest BCUT2D eigenvalue weighted by Gasteiger charge is 2.54. The molecular weight excluding hydrogens is 2040 g/mol. The first-order valence-electron chi connectivity index (χ1n) is 63.4. The van der Waals surface area contributed by atoms with E-state index in [9.17, 15) is 0 Å². The highest BCUT2D eigenvalue weighted by molar-refractivity contribution is 9.11. The molecule has 7 aromatic rings. The predicted molar refractivity (Wildman–Crippen MR) is 669 cm³/mol. The number of hydrogen-bond donors (Lipinski definition) is 0. The van der Waals surface area contributed by atoms with Crippen molar-refractivity contribution in [2.75, 3.05) is 20.8 Å². The van der Waals surface area contributed by atoms with Crippen LogP contribution >= 0.6 is 89.3 Å². The summed E-state index contributed by atoms with van der Waals surface area (Å²) in [6.07, 6.45) is 116. The van der Waals surface area contributed by atoms with E-state index < -0.39 is 0 Å². The largest absolute Gasteiger partial charge is 0.505 e. The summed E-state index contributed by atoms with van der Waals surface area (Å²) < 4.78 is 54.6. The van der Waals surface area contributed by atoms with Gasteiger partial charge in [-0.05, 0) is 175 Å². The van der Waals surface area contributed by atoms with Gasteiger partial charge in [0.05, 0.1) is 69.0 Å². The average molecular weight is 2270 g/mol. The standard InChI is InChI=1S/C81H142N2O2S3.C42H79BO2S.C8H6Br2N2OS/c1-9-14-18-22-26-30-34-38-42-46-50-54-58-64-80(7,65-59-55-51-47-43-39-35-31-27-23-19-15-10-2)71-62-68-86-78(71)74-76-75(82-88-83-76)73(70(6)77(74)84-8)79-72(63-69-87-79)81(85-13-5,66-60-56-52-48-44-40-36-32-28-24-20-16-11-3)67-61-57-53-49-45-41-37-33-29-25-21-17-12-4;1-8-10-12-14-16-18-20-22-24-26-28-30-32-35-42(7,36-33-31-29-27-25-23-21-19-17-15-13-11-9-2)38-34-37-46-39(38)43-44-40(3,4)41(5,6)45-43;1-3-4(9)6-7(12-14-11-6)5(10)8(3)13-2/h62-63,68-69H,9-61,64-67H2,1-8H3;34,37H,8-33,35-36H2,1-7H3;1-2H3. The second kappa shape index (κ2) is 83.0. The number of thiophene rings is 3. The molecule has 6 heterocycles. The number of rotatable bonds is 94. The highest BCUT2D eigenvalue weighted by Crippen LogP contribution is 2.55. The van der Waals surface area contributed by atoms with Gasteiger partial charge < -0.3 is 23.5 Å². The minimum atomic E-state index is -0.336. The van der Waals surface area contributed by atoms with Gasteiger partial charge in [-0.25, -0.2) is 0 Å². The molecule has 0 bridgehead atoms. The number of ether oxygens (including phenoxy) is 3. The van der Waals surface area contributed by atoms with Gasteiger partial charge in [-0.3, -0.25) is 0 Å². The lowest BCUT2D eigenvalue weighted by Crippen LogP contribution is -2.41. The minimum Gasteiger partial charge on any atom is -0.496 e. The summed E-state index contributed by atoms with van der Waals surface area (Å²) >= 11 is 15.2. The van der Waals surface area contributed by atoms with Gasteiger partial charge in [0.1, 0.15) is 33.6 Å². The predicted octanol–water partition coefficient (Wildman–Crippen LogP) is 47.7. The molecular formula is C131H227BBr2N4O5S5. The summed E-state index contributed by atoms with van der Waals surface area (Å²) in [7, 11) is 3.32. The van der Waals surface area contributed by atoms with E-state index >= 15 is 0 Å². The molecule has 0 saturated carbocycles. The Bertz CT molecular complexity index is 4250. The molecule has 2 aromatic carbocycles. The van der Waals surface area contributed by atoms with Crippen LogP contribution in [0.15, 0.2) is 43.3 Å². The van der Waals surface area contributed by atoms with Crippen LogP contribution in [0.4, 0.5) is 0 Å². The van der Waals surface area contributed by atoms with E-state index in [1.165, 1.54) is 598 Å². The van der Waals surface area contributed by atoms with Crippen molar-refractivity contribution < 1.29 is 23.5 Å². The number of nitrogens with zero attached hydrogens (tertiary/aromatic N) is 4. The van der Waals surface area contributed by atoms with E-state index in [1.54, 1.807) is 7.11 Å². The number of unbranched alkanes of at least 4 members (excludes halogenated alkanes) is 72. The average Bonchev–Trinajstić information content (AvgIpc) is 1.54. The van der Waals surface area contributed by atoms with E-state index in [-0.39, 0.29) is 34.8 Å². The van der Waals surface area contributed by atoms with Crippen molar-refractivity contribution in [3.8, 4) is 32.4 Å². The zero-order valence-corrected chi connectivity index (χ0v) is 107. The molecule has 148 heavy (non-hydrogen) atoms. The lowest BCUT2D eigenvalue weighted by molar-refractivity contribution is -0.0600. The highest BCUT2D eigenvalue weighted by atomic mass is 79.9. The van der Waals surface area contributed by atoms with Crippen molar-refractivity contribution in [2.24, 2.45) is 0 Å². The molecule has 0 N–H and O–H groups in total. The molecule has 0 aliphatic carbocycles. The Morgan fingerprint density at radius 1 is 0.284 bits per heavy atom. The zero-order chi connectivity index (χ0) is 107. The van der Waals surface area contributed by atoms with E-state index in [0.717, 1.165) is 67.5 Å². The number of hydrogen-bond acceptors (Lipinski definition) is 14. The third-order valence-electron chi connectivity index (χ3n) is 33.9. The normalized spacial score (nSPS) is 13.3. The fourth-order valence-electron chi connectivity index (χ4n) is 23.6. The maximum atomic E-state index is 7.29. The van der Waals surface area contributed by atoms with Crippen molar-refractivity contribution in [1.82, 2.24) is 17.5 Å². The van der Waals surface area contributed by atoms with Crippen molar-refractivity contribution in [1.29, 1.82) is 0 Å². The van der Waals surface area contributed by atoms with Gasteiger partial charge in [0.2, 0.25) is 0 Å². The summed E-state index contributed by atoms with van der Waals surface area (Å²) in [6.45, 7) is 35.1. The van der Waals surface area contributed by atoms with Crippen LogP contribution < -0.4 is 14.3 Å². The molecule has 1 aliphatic rings. The van der Waals surface area contributed by atoms with Crippen LogP contribution in [0.1, 0.15) is 657 Å². The lowest BCUT2D eigenvalue weighted by Gasteiger charge is -2.35. The van der Waals surface area contributed by atoms with Gasteiger partial charge in [0.15, 0.2) is 0 Å². The Labute approximate surface area is 951 Å². The monoisotopic (exact) mass is 2270 g/mol. The van der Waals surface area contributed by atoms with Gasteiger partial charge in [-0.15, -0.1) is 22.7 Å². The molecule has 0 radical (unpaired) electrons. The molecule has 848 valence electrons. The quantitative estimate of drug-likeness (QED) is 0.0273. The Kier molecular flexibility index (Phi) is 75.3. The van der Waals surface area contributed by atoms with Crippen LogP contribution in [-0.4, -0.2) is 56.6 Å². The van der Waals surface area contributed by atoms with Gasteiger partial charge in [0.25, 0.3) is 0 Å². The number of benzene rings is 2. The van der Waals surface area contributed by atoms with Crippen LogP contribution in [0.3, 0.4) is 0 Å². The first kappa shape index (κ1) is 134. The minimum absolute atomic E-state index is 0.0807. The smallest absolute Gasteiger partial charge is 0.496 e. The second-order valence-electron chi connectivity index (χ2n) is 47.2. The Balaban J connectivity index is 0.000000457. The third kappa shape index (κ3) is 50.5. The van der Waals surface area contributed by atoms with Gasteiger partial charge in [0, 0.05) is 43.4 Å². The van der Waals surface area contributed by atoms with Crippen molar-refractivity contribution in [3.05, 3.63) is 71.1 Å². The first-order chi connectivity index (χ1) is 72.2. The van der Waals surface area contributed by atoms with Crippen LogP contribution in [0.5, 0.6) is 11.5 Å². The summed E-state index contributed by atoms with van der Waals surface area (Å²) in [5.74, 6) is 1.79. The van der Waals surface area contributed by atoms with Crippen LogP contribution in [0.2, 0.25) is 0 Å². The van der Waals surface area contributed by atoms with Crippen LogP contribution in [0.25, 0.3) is 42.9 Å². The number of fused-ring (bicyclic) bond motifs is 2. The first-order valence-corrected chi connectivity index (χ1v) is 69.1. The fraction of sp³-hybridized carbons (Fsp3) is 0.817. The molecule has 0 amide bonds. The molecule has 0 unspecified atom stereocenters. The van der Waals surface area contributed by atoms with Gasteiger partial charge in [-0.2, -0.15) is 28.8 Å². The third-order valence-corrected chi connectivity index (χ3v) is 39.5. The van der Waals surface area contributed by atoms with E-state index in [4.69, 9.17) is 32.3 Å². The molecule has 5 aromatic heterocycles. The maximum Gasteiger partial charge on any atom is 0.505 e. The second-order valence-corrected chi connectivity index (χ2v) is 52.7. The molecule has 1 aliphatic heterocycles. The molecule has 1 fully saturated rings. The SMILES string of the molecule is CCCCCCCCCCCCCCCC(C)(CCCCCCCCCCCCCCC)c1ccsc1-c1c(OC)c(C)c(-c2sccc2C(CCCCCCCCCCCCCCC)(CCCCCCCCCCCCCCC)OCC)c2nsnc12.CCCCCCCCCCCCCCCC(C)(CCCCCCCCCCCCCCC)c1ccsc1B1OC(C)(C)C(C)(C)O1.COc1c(C)c(Br)c2nsnc2c1Br. The number of halogens is 2. The van der Waals surface area contributed by atoms with Crippen molar-refractivity contribution >= 4 is 123 Å². The van der Waals surface area contributed by atoms with Crippen LogP contribution in [-0.2, 0) is 30.5 Å². The Morgan fingerprint density at radius 3 is 0.811 bits per heavy atom. The van der Waals surface area contributed by atoms with Gasteiger partial charge >= 0.3 is 7.12 Å². The summed E-state index contributed by atoms with van der Waals surface area (Å²) in [5, 5.41) is 7.03. The summed E-state index contributed by atoms with van der Waals surface area (Å²) in [4.78, 5) is 2.68. The summed E-state index contributed by atoms with van der Waals surface area (Å²) in [6, 6.07) is 7.36. The lowest BCUT2D eigenvalue weighted by atomic mass is 9.69. The molecule has 17 heteroatoms. The van der Waals surface area contributed by atoms with Crippen LogP contribution in [0, 0.1) is 13.8 Å². The number of methoxy groups -OCH3 is 2. The fourth-order valence-corrected chi connectivity index (χ4v) is 29.3. The molecule has 0 spiro atoms. The molecule has 8 rings (SSSR count). The van der Waals surface area contributed by atoms with E-state index in [1.807, 2.05) is 48.0 Å². The maximum absolute atomic E-state index is 7.29. The Hall–Kier alpha value is -2.32. The number of aromatic nitrogens is 4. The van der Waals surface area contributed by atoms with Crippen molar-refractivity contribution in [2.45, 2.75) is 671 Å².